The van der Waals surface area contributed by atoms with Gasteiger partial charge in [0.15, 0.2) is 11.5 Å². The van der Waals surface area contributed by atoms with Gasteiger partial charge in [0, 0.05) is 33.4 Å². The third kappa shape index (κ3) is 10.7. The molecule has 0 radical (unpaired) electrons. The lowest BCUT2D eigenvalue weighted by Gasteiger charge is -2.31. The van der Waals surface area contributed by atoms with Crippen molar-refractivity contribution < 1.29 is 28.5 Å². The molecule has 4 rings (SSSR count). The van der Waals surface area contributed by atoms with Crippen molar-refractivity contribution in [1.29, 1.82) is 0 Å². The Hall–Kier alpha value is -3.01. The molecule has 48 heavy (non-hydrogen) atoms. The average molecular weight is 722 g/mol. The van der Waals surface area contributed by atoms with Crippen molar-refractivity contribution >= 4 is 53.2 Å². The van der Waals surface area contributed by atoms with Gasteiger partial charge >= 0.3 is 5.97 Å². The first-order valence-corrected chi connectivity index (χ1v) is 16.9. The summed E-state index contributed by atoms with van der Waals surface area (Å²) >= 11 is 12.8. The van der Waals surface area contributed by atoms with Crippen LogP contribution in [0.15, 0.2) is 60.7 Å². The zero-order valence-electron chi connectivity index (χ0n) is 28.4. The summed E-state index contributed by atoms with van der Waals surface area (Å²) in [6.45, 7) is 10.6. The fourth-order valence-corrected chi connectivity index (χ4v) is 6.05. The number of halogens is 3. The highest BCUT2D eigenvalue weighted by molar-refractivity contribution is 6.31. The van der Waals surface area contributed by atoms with Crippen molar-refractivity contribution in [3.05, 3.63) is 87.4 Å². The number of benzene rings is 3. The van der Waals surface area contributed by atoms with E-state index in [9.17, 15) is 9.59 Å². The minimum absolute atomic E-state index is 0. The molecule has 11 heteroatoms. The van der Waals surface area contributed by atoms with E-state index in [0.717, 1.165) is 42.9 Å². The summed E-state index contributed by atoms with van der Waals surface area (Å²) in [5.74, 6) is 0.221. The number of anilines is 1. The molecule has 2 unspecified atom stereocenters. The van der Waals surface area contributed by atoms with Crippen LogP contribution >= 0.6 is 35.6 Å². The van der Waals surface area contributed by atoms with Gasteiger partial charge in [0.1, 0.15) is 12.2 Å². The third-order valence-corrected chi connectivity index (χ3v) is 8.31. The molecule has 0 saturated carbocycles. The second kappa shape index (κ2) is 18.7. The van der Waals surface area contributed by atoms with Crippen LogP contribution in [0.1, 0.15) is 69.8 Å². The molecule has 0 aromatic heterocycles. The van der Waals surface area contributed by atoms with Crippen molar-refractivity contribution in [1.82, 2.24) is 5.32 Å². The summed E-state index contributed by atoms with van der Waals surface area (Å²) in [6.07, 6.45) is 0.595. The van der Waals surface area contributed by atoms with Crippen molar-refractivity contribution in [2.75, 3.05) is 44.9 Å². The van der Waals surface area contributed by atoms with Gasteiger partial charge in [0.2, 0.25) is 0 Å². The van der Waals surface area contributed by atoms with Crippen LogP contribution in [0.25, 0.3) is 0 Å². The highest BCUT2D eigenvalue weighted by atomic mass is 35.5. The van der Waals surface area contributed by atoms with Gasteiger partial charge in [-0.15, -0.1) is 12.4 Å². The van der Waals surface area contributed by atoms with Crippen LogP contribution < -0.4 is 19.7 Å². The van der Waals surface area contributed by atoms with Crippen LogP contribution in [0.5, 0.6) is 11.5 Å². The Balaban J connectivity index is 0.00000625. The van der Waals surface area contributed by atoms with E-state index in [2.05, 4.69) is 32.2 Å². The van der Waals surface area contributed by atoms with Gasteiger partial charge in [0.25, 0.3) is 5.91 Å². The van der Waals surface area contributed by atoms with Crippen LogP contribution in [0.4, 0.5) is 5.69 Å². The Morgan fingerprint density at radius 2 is 1.75 bits per heavy atom. The predicted octanol–water partition coefficient (Wildman–Crippen LogP) is 8.24. The van der Waals surface area contributed by atoms with Gasteiger partial charge < -0.3 is 29.2 Å². The maximum absolute atomic E-state index is 14.1. The number of carbonyl (C=O) groups is 2. The van der Waals surface area contributed by atoms with Crippen molar-refractivity contribution in [2.45, 2.75) is 65.6 Å². The maximum Gasteiger partial charge on any atom is 0.308 e. The number of amides is 1. The van der Waals surface area contributed by atoms with E-state index >= 15 is 0 Å². The summed E-state index contributed by atoms with van der Waals surface area (Å²) < 4.78 is 23.9. The molecule has 8 nitrogen and oxygen atoms in total. The maximum atomic E-state index is 14.1. The number of fused-ring (bicyclic) bond motifs is 1. The van der Waals surface area contributed by atoms with E-state index in [-0.39, 0.29) is 36.8 Å². The summed E-state index contributed by atoms with van der Waals surface area (Å²) in [4.78, 5) is 28.4. The lowest BCUT2D eigenvalue weighted by molar-refractivity contribution is -0.151. The quantitative estimate of drug-likeness (QED) is 0.125. The first kappa shape index (κ1) is 39.4. The van der Waals surface area contributed by atoms with Crippen LogP contribution in [-0.4, -0.2) is 57.9 Å². The van der Waals surface area contributed by atoms with Gasteiger partial charge in [-0.05, 0) is 80.6 Å². The summed E-state index contributed by atoms with van der Waals surface area (Å²) in [5, 5.41) is 4.77. The van der Waals surface area contributed by atoms with Crippen molar-refractivity contribution in [3.8, 4) is 11.5 Å². The number of hydrogen-bond donors (Lipinski definition) is 1. The van der Waals surface area contributed by atoms with Gasteiger partial charge in [0.05, 0.1) is 26.7 Å². The molecule has 0 fully saturated rings. The highest BCUT2D eigenvalue weighted by Gasteiger charge is 2.40. The molecule has 262 valence electrons. The molecule has 3 aromatic carbocycles. The largest absolute Gasteiger partial charge is 0.492 e. The highest BCUT2D eigenvalue weighted by Crippen LogP contribution is 2.45. The van der Waals surface area contributed by atoms with Gasteiger partial charge in [-0.3, -0.25) is 9.59 Å². The Morgan fingerprint density at radius 3 is 2.46 bits per heavy atom. The molecule has 1 aliphatic heterocycles. The SMILES string of the molecule is CCOC(=O)CC1OC(c2cccc(OCCCNCCCc3ccccc3Cl)c2OC)c2cc(Cl)ccc2N(CC(C)(C)C)C1=O.Cl. The average Bonchev–Trinajstić information content (AvgIpc) is 3.12. The standard InChI is InChI=1S/C37H46Cl2N2O6.ClH/c1-6-45-33(42)23-32-36(43)41(24-37(2,3)4)30-18-17-26(38)22-28(30)34(47-32)27-14-9-16-31(35(27)44-5)46-21-11-20-40-19-10-13-25-12-7-8-15-29(25)39;/h7-9,12,14-18,22,32,34,40H,6,10-11,13,19-21,23-24H2,1-5H3;1H. The Labute approximate surface area is 300 Å². The zero-order valence-corrected chi connectivity index (χ0v) is 30.7. The number of nitrogens with zero attached hydrogens (tertiary/aromatic N) is 1. The molecule has 2 atom stereocenters. The van der Waals surface area contributed by atoms with Gasteiger partial charge in [-0.2, -0.15) is 0 Å². The molecule has 1 N–H and O–H groups in total. The van der Waals surface area contributed by atoms with Crippen molar-refractivity contribution in [3.63, 3.8) is 0 Å². The first-order chi connectivity index (χ1) is 22.5. The van der Waals surface area contributed by atoms with E-state index in [1.807, 2.05) is 48.5 Å². The number of para-hydroxylation sites is 1. The summed E-state index contributed by atoms with van der Waals surface area (Å²) in [6, 6.07) is 18.9. The molecule has 1 amide bonds. The number of ether oxygens (including phenoxy) is 4. The van der Waals surface area contributed by atoms with Crippen LogP contribution in [-0.2, 0) is 25.5 Å². The lowest BCUT2D eigenvalue weighted by atomic mass is 9.94. The molecule has 0 spiro atoms. The first-order valence-electron chi connectivity index (χ1n) is 16.2. The molecule has 1 heterocycles. The number of carbonyl (C=O) groups excluding carboxylic acids is 2. The molecule has 0 bridgehead atoms. The second-order valence-corrected chi connectivity index (χ2v) is 13.6. The molecular weight excluding hydrogens is 675 g/mol. The Bertz CT molecular complexity index is 1510. The van der Waals surface area contributed by atoms with Gasteiger partial charge in [-0.25, -0.2) is 0 Å². The number of esters is 1. The molecule has 1 aliphatic rings. The van der Waals surface area contributed by atoms with E-state index < -0.39 is 18.2 Å². The Morgan fingerprint density at radius 1 is 1.00 bits per heavy atom. The Kier molecular flexibility index (Phi) is 15.3. The zero-order chi connectivity index (χ0) is 34.0. The number of methoxy groups -OCH3 is 1. The summed E-state index contributed by atoms with van der Waals surface area (Å²) in [5.41, 5.74) is 2.94. The molecular formula is C37H47Cl3N2O6. The minimum atomic E-state index is -1.09. The van der Waals surface area contributed by atoms with E-state index in [4.69, 9.17) is 42.1 Å². The normalized spacial score (nSPS) is 16.1. The minimum Gasteiger partial charge on any atom is -0.492 e. The monoisotopic (exact) mass is 720 g/mol. The smallest absolute Gasteiger partial charge is 0.308 e. The second-order valence-electron chi connectivity index (χ2n) is 12.7. The molecule has 3 aromatic rings. The van der Waals surface area contributed by atoms with E-state index in [1.54, 1.807) is 25.0 Å². The predicted molar refractivity (Wildman–Crippen MR) is 194 cm³/mol. The van der Waals surface area contributed by atoms with E-state index in [0.29, 0.717) is 46.5 Å². The number of rotatable bonds is 15. The molecule has 0 aliphatic carbocycles. The number of hydrogen-bond acceptors (Lipinski definition) is 7. The van der Waals surface area contributed by atoms with Gasteiger partial charge in [-0.1, -0.05) is 74.3 Å². The third-order valence-electron chi connectivity index (χ3n) is 7.70. The number of nitrogens with one attached hydrogen (secondary N) is 1. The van der Waals surface area contributed by atoms with Crippen LogP contribution in [0.2, 0.25) is 10.0 Å². The topological polar surface area (TPSA) is 86.3 Å². The lowest BCUT2D eigenvalue weighted by Crippen LogP contribution is -2.44. The van der Waals surface area contributed by atoms with Crippen LogP contribution in [0, 0.1) is 5.41 Å². The molecule has 0 saturated heterocycles. The summed E-state index contributed by atoms with van der Waals surface area (Å²) in [7, 11) is 1.58. The van der Waals surface area contributed by atoms with Crippen molar-refractivity contribution in [2.24, 2.45) is 5.41 Å². The fraction of sp³-hybridized carbons (Fsp3) is 0.459. The number of aryl methyl sites for hydroxylation is 1. The van der Waals surface area contributed by atoms with Crippen LogP contribution in [0.3, 0.4) is 0 Å². The van der Waals surface area contributed by atoms with E-state index in [1.165, 1.54) is 0 Å². The fourth-order valence-electron chi connectivity index (χ4n) is 5.64.